The maximum absolute atomic E-state index is 12.0. The summed E-state index contributed by atoms with van der Waals surface area (Å²) < 4.78 is 0. The lowest BCUT2D eigenvalue weighted by atomic mass is 9.96. The standard InChI is InChI=1S/C15H21BrO/c1-4-6-14(16)15(17)13-9-7-12(8-10-13)11(3)5-2/h7-11,14H,4-6H2,1-3H3. The molecule has 2 heteroatoms. The van der Waals surface area contributed by atoms with Gasteiger partial charge in [-0.1, -0.05) is 67.4 Å². The number of Topliss-reactive ketones (excluding diaryl/α,β-unsaturated/α-hetero) is 1. The van der Waals surface area contributed by atoms with Gasteiger partial charge in [-0.05, 0) is 24.3 Å². The number of carbonyl (C=O) groups is 1. The molecule has 0 aliphatic heterocycles. The Bertz CT molecular complexity index is 356. The molecule has 0 saturated carbocycles. The summed E-state index contributed by atoms with van der Waals surface area (Å²) >= 11 is 3.45. The third kappa shape index (κ3) is 3.95. The minimum Gasteiger partial charge on any atom is -0.293 e. The van der Waals surface area contributed by atoms with Gasteiger partial charge in [-0.25, -0.2) is 0 Å². The van der Waals surface area contributed by atoms with Gasteiger partial charge < -0.3 is 0 Å². The largest absolute Gasteiger partial charge is 0.293 e. The first kappa shape index (κ1) is 14.4. The fraction of sp³-hybridized carbons (Fsp3) is 0.533. The summed E-state index contributed by atoms with van der Waals surface area (Å²) in [5, 5.41) is 0. The molecule has 1 nitrogen and oxygen atoms in total. The molecule has 0 aromatic heterocycles. The van der Waals surface area contributed by atoms with Crippen LogP contribution < -0.4 is 0 Å². The second kappa shape index (κ2) is 6.95. The maximum atomic E-state index is 12.0. The smallest absolute Gasteiger partial charge is 0.176 e. The topological polar surface area (TPSA) is 17.1 Å². The van der Waals surface area contributed by atoms with Gasteiger partial charge in [-0.3, -0.25) is 4.79 Å². The third-order valence-electron chi connectivity index (χ3n) is 3.20. The molecule has 0 fully saturated rings. The van der Waals surface area contributed by atoms with Crippen molar-refractivity contribution in [2.75, 3.05) is 0 Å². The Balaban J connectivity index is 2.77. The van der Waals surface area contributed by atoms with Crippen molar-refractivity contribution in [1.82, 2.24) is 0 Å². The van der Waals surface area contributed by atoms with Crippen molar-refractivity contribution in [2.24, 2.45) is 0 Å². The molecule has 0 radical (unpaired) electrons. The summed E-state index contributed by atoms with van der Waals surface area (Å²) in [6.45, 7) is 6.48. The first-order valence-corrected chi connectivity index (χ1v) is 7.29. The van der Waals surface area contributed by atoms with E-state index >= 15 is 0 Å². The highest BCUT2D eigenvalue weighted by atomic mass is 79.9. The maximum Gasteiger partial charge on any atom is 0.176 e. The highest BCUT2D eigenvalue weighted by Crippen LogP contribution is 2.21. The lowest BCUT2D eigenvalue weighted by Crippen LogP contribution is -2.13. The van der Waals surface area contributed by atoms with Gasteiger partial charge in [0.15, 0.2) is 5.78 Å². The Morgan fingerprint density at radius 3 is 2.29 bits per heavy atom. The molecule has 17 heavy (non-hydrogen) atoms. The van der Waals surface area contributed by atoms with E-state index in [2.05, 4.69) is 48.8 Å². The number of ketones is 1. The summed E-state index contributed by atoms with van der Waals surface area (Å²) in [5.41, 5.74) is 2.12. The van der Waals surface area contributed by atoms with E-state index in [1.807, 2.05) is 12.1 Å². The molecule has 2 unspecified atom stereocenters. The predicted octanol–water partition coefficient (Wildman–Crippen LogP) is 4.95. The van der Waals surface area contributed by atoms with Crippen LogP contribution in [0.5, 0.6) is 0 Å². The summed E-state index contributed by atoms with van der Waals surface area (Å²) in [5.74, 6) is 0.761. The van der Waals surface area contributed by atoms with E-state index < -0.39 is 0 Å². The number of alkyl halides is 1. The molecule has 94 valence electrons. The van der Waals surface area contributed by atoms with E-state index in [0.29, 0.717) is 5.92 Å². The zero-order valence-corrected chi connectivity index (χ0v) is 12.5. The molecule has 0 aliphatic rings. The van der Waals surface area contributed by atoms with Crippen molar-refractivity contribution in [2.45, 2.75) is 50.8 Å². The van der Waals surface area contributed by atoms with Crippen LogP contribution in [-0.4, -0.2) is 10.6 Å². The number of benzene rings is 1. The van der Waals surface area contributed by atoms with E-state index in [1.165, 1.54) is 5.56 Å². The average Bonchev–Trinajstić information content (AvgIpc) is 2.37. The first-order valence-electron chi connectivity index (χ1n) is 6.38. The molecule has 1 aromatic carbocycles. The van der Waals surface area contributed by atoms with Crippen molar-refractivity contribution >= 4 is 21.7 Å². The summed E-state index contributed by atoms with van der Waals surface area (Å²) in [6, 6.07) is 8.06. The fourth-order valence-corrected chi connectivity index (χ4v) is 2.50. The summed E-state index contributed by atoms with van der Waals surface area (Å²) in [7, 11) is 0. The monoisotopic (exact) mass is 296 g/mol. The molecule has 0 heterocycles. The van der Waals surface area contributed by atoms with Gasteiger partial charge in [-0.15, -0.1) is 0 Å². The number of hydrogen-bond acceptors (Lipinski definition) is 1. The van der Waals surface area contributed by atoms with Crippen molar-refractivity contribution < 1.29 is 4.79 Å². The molecule has 0 aliphatic carbocycles. The molecule has 0 amide bonds. The molecule has 1 rings (SSSR count). The average molecular weight is 297 g/mol. The zero-order valence-electron chi connectivity index (χ0n) is 10.9. The highest BCUT2D eigenvalue weighted by Gasteiger charge is 2.15. The Labute approximate surface area is 113 Å². The fourth-order valence-electron chi connectivity index (χ4n) is 1.78. The lowest BCUT2D eigenvalue weighted by Gasteiger charge is -2.11. The minimum absolute atomic E-state index is 0.0399. The number of carbonyl (C=O) groups excluding carboxylic acids is 1. The van der Waals surface area contributed by atoms with Crippen molar-refractivity contribution in [3.05, 3.63) is 35.4 Å². The predicted molar refractivity (Wildman–Crippen MR) is 77.1 cm³/mol. The number of rotatable bonds is 6. The molecule has 0 bridgehead atoms. The van der Waals surface area contributed by atoms with Crippen LogP contribution in [0.2, 0.25) is 0 Å². The first-order chi connectivity index (χ1) is 8.10. The molecule has 1 aromatic rings. The van der Waals surface area contributed by atoms with Gasteiger partial charge in [0.05, 0.1) is 4.83 Å². The van der Waals surface area contributed by atoms with Gasteiger partial charge in [0.25, 0.3) is 0 Å². The Morgan fingerprint density at radius 2 is 1.82 bits per heavy atom. The van der Waals surface area contributed by atoms with Crippen LogP contribution in [0.3, 0.4) is 0 Å². The SMILES string of the molecule is CCCC(Br)C(=O)c1ccc(C(C)CC)cc1. The van der Waals surface area contributed by atoms with Gasteiger partial charge in [0.1, 0.15) is 0 Å². The van der Waals surface area contributed by atoms with Crippen LogP contribution in [0, 0.1) is 0 Å². The van der Waals surface area contributed by atoms with Crippen LogP contribution in [0.4, 0.5) is 0 Å². The van der Waals surface area contributed by atoms with Crippen molar-refractivity contribution in [3.8, 4) is 0 Å². The van der Waals surface area contributed by atoms with Crippen LogP contribution in [-0.2, 0) is 0 Å². The van der Waals surface area contributed by atoms with Crippen molar-refractivity contribution in [3.63, 3.8) is 0 Å². The molecule has 2 atom stereocenters. The number of hydrogen-bond donors (Lipinski definition) is 0. The van der Waals surface area contributed by atoms with E-state index in [1.54, 1.807) is 0 Å². The molecular formula is C15H21BrO. The Morgan fingerprint density at radius 1 is 1.24 bits per heavy atom. The summed E-state index contributed by atoms with van der Waals surface area (Å²) in [4.78, 5) is 12.0. The second-order valence-electron chi connectivity index (χ2n) is 4.55. The molecule has 0 N–H and O–H groups in total. The Kier molecular flexibility index (Phi) is 5.90. The van der Waals surface area contributed by atoms with Crippen LogP contribution in [0.25, 0.3) is 0 Å². The zero-order chi connectivity index (χ0) is 12.8. The van der Waals surface area contributed by atoms with Crippen molar-refractivity contribution in [1.29, 1.82) is 0 Å². The normalized spacial score (nSPS) is 14.4. The van der Waals surface area contributed by atoms with Gasteiger partial charge >= 0.3 is 0 Å². The lowest BCUT2D eigenvalue weighted by molar-refractivity contribution is 0.0988. The van der Waals surface area contributed by atoms with E-state index in [4.69, 9.17) is 0 Å². The quantitative estimate of drug-likeness (QED) is 0.536. The van der Waals surface area contributed by atoms with Gasteiger partial charge in [0, 0.05) is 5.56 Å². The summed E-state index contributed by atoms with van der Waals surface area (Å²) in [6.07, 6.45) is 3.04. The second-order valence-corrected chi connectivity index (χ2v) is 5.66. The number of halogens is 1. The van der Waals surface area contributed by atoms with E-state index in [0.717, 1.165) is 24.8 Å². The highest BCUT2D eigenvalue weighted by molar-refractivity contribution is 9.10. The van der Waals surface area contributed by atoms with Crippen LogP contribution in [0.1, 0.15) is 61.9 Å². The van der Waals surface area contributed by atoms with E-state index in [-0.39, 0.29) is 10.6 Å². The minimum atomic E-state index is -0.0399. The van der Waals surface area contributed by atoms with Gasteiger partial charge in [-0.2, -0.15) is 0 Å². The molecule has 0 saturated heterocycles. The molecule has 0 spiro atoms. The third-order valence-corrected chi connectivity index (χ3v) is 4.08. The van der Waals surface area contributed by atoms with Gasteiger partial charge in [0.2, 0.25) is 0 Å². The van der Waals surface area contributed by atoms with E-state index in [9.17, 15) is 4.79 Å². The Hall–Kier alpha value is -0.630. The van der Waals surface area contributed by atoms with Crippen LogP contribution in [0.15, 0.2) is 24.3 Å². The van der Waals surface area contributed by atoms with Crippen LogP contribution >= 0.6 is 15.9 Å². The molecular weight excluding hydrogens is 276 g/mol.